The van der Waals surface area contributed by atoms with Crippen molar-refractivity contribution in [1.82, 2.24) is 14.9 Å². The van der Waals surface area contributed by atoms with Crippen LogP contribution in [0.4, 0.5) is 0 Å². The van der Waals surface area contributed by atoms with Crippen LogP contribution < -0.4 is 5.32 Å². The van der Waals surface area contributed by atoms with Crippen LogP contribution in [0.25, 0.3) is 49.8 Å². The van der Waals surface area contributed by atoms with Gasteiger partial charge in [-0.15, -0.1) is 0 Å². The molecule has 0 bridgehead atoms. The van der Waals surface area contributed by atoms with Gasteiger partial charge in [0.25, 0.3) is 0 Å². The lowest BCUT2D eigenvalue weighted by Crippen LogP contribution is -2.24. The highest BCUT2D eigenvalue weighted by Crippen LogP contribution is 2.36. The largest absolute Gasteiger partial charge is 0.319 e. The van der Waals surface area contributed by atoms with Gasteiger partial charge in [-0.1, -0.05) is 117 Å². The van der Waals surface area contributed by atoms with Crippen molar-refractivity contribution in [3.8, 4) is 22.3 Å². The number of aromatic nitrogens is 2. The van der Waals surface area contributed by atoms with Gasteiger partial charge in [0.2, 0.25) is 0 Å². The minimum Gasteiger partial charge on any atom is -0.319 e. The molecule has 1 atom stereocenters. The maximum Gasteiger partial charge on any atom is 0.104 e. The molecule has 1 N–H and O–H groups in total. The van der Waals surface area contributed by atoms with E-state index in [0.717, 1.165) is 73.3 Å². The van der Waals surface area contributed by atoms with E-state index in [1.807, 2.05) is 26.1 Å². The molecule has 238 valence electrons. The van der Waals surface area contributed by atoms with Crippen molar-refractivity contribution in [2.75, 3.05) is 13.6 Å². The third-order valence-electron chi connectivity index (χ3n) is 8.65. The smallest absolute Gasteiger partial charge is 0.104 e. The Morgan fingerprint density at radius 3 is 2.19 bits per heavy atom. The quantitative estimate of drug-likeness (QED) is 0.0883. The summed E-state index contributed by atoms with van der Waals surface area (Å²) in [5.41, 5.74) is 12.9. The van der Waals surface area contributed by atoms with Gasteiger partial charge in [-0.25, -0.2) is 4.98 Å². The fourth-order valence-corrected chi connectivity index (χ4v) is 6.44. The molecule has 0 aliphatic carbocycles. The van der Waals surface area contributed by atoms with Gasteiger partial charge < -0.3 is 4.57 Å². The Bertz CT molecular complexity index is 2180. The monoisotopic (exact) mass is 626 g/mol. The molecule has 4 heteroatoms. The summed E-state index contributed by atoms with van der Waals surface area (Å²) in [5.74, 6) is 0. The van der Waals surface area contributed by atoms with Gasteiger partial charge in [0.05, 0.1) is 28.0 Å². The van der Waals surface area contributed by atoms with Crippen molar-refractivity contribution in [3.05, 3.63) is 169 Å². The van der Waals surface area contributed by atoms with E-state index in [9.17, 15) is 0 Å². The zero-order valence-electron chi connectivity index (χ0n) is 28.2. The molecule has 0 aliphatic heterocycles. The van der Waals surface area contributed by atoms with E-state index in [1.165, 1.54) is 5.56 Å². The number of fused-ring (bicyclic) bond motifs is 3. The molecule has 0 aliphatic rings. The molecule has 6 aromatic rings. The topological polar surface area (TPSA) is 42.2 Å². The van der Waals surface area contributed by atoms with Crippen LogP contribution >= 0.6 is 0 Å². The fourth-order valence-electron chi connectivity index (χ4n) is 6.44. The molecule has 2 aromatic heterocycles. The Balaban J connectivity index is 1.61. The zero-order chi connectivity index (χ0) is 33.5. The highest BCUT2D eigenvalue weighted by atomic mass is 15.2. The fraction of sp³-hybridized carbons (Fsp3) is 0.136. The molecule has 0 amide bonds. The molecule has 0 saturated heterocycles. The summed E-state index contributed by atoms with van der Waals surface area (Å²) in [6.07, 6.45) is 12.2. The van der Waals surface area contributed by atoms with Crippen molar-refractivity contribution in [2.24, 2.45) is 4.99 Å². The first-order valence-electron chi connectivity index (χ1n) is 16.6. The molecule has 0 spiro atoms. The summed E-state index contributed by atoms with van der Waals surface area (Å²) in [7, 11) is 1.87. The van der Waals surface area contributed by atoms with E-state index >= 15 is 0 Å². The highest BCUT2D eigenvalue weighted by Gasteiger charge is 2.19. The van der Waals surface area contributed by atoms with E-state index in [1.54, 1.807) is 6.08 Å². The summed E-state index contributed by atoms with van der Waals surface area (Å²) in [5, 5.41) is 4.77. The number of nitrogens with zero attached hydrogens (tertiary/aromatic N) is 3. The van der Waals surface area contributed by atoms with E-state index < -0.39 is 0 Å². The summed E-state index contributed by atoms with van der Waals surface area (Å²) >= 11 is 0. The molecular weight excluding hydrogens is 585 g/mol. The first kappa shape index (κ1) is 32.4. The Morgan fingerprint density at radius 2 is 1.52 bits per heavy atom. The van der Waals surface area contributed by atoms with Crippen molar-refractivity contribution in [2.45, 2.75) is 26.9 Å². The Kier molecular flexibility index (Phi) is 10.0. The number of hydrogen-bond acceptors (Lipinski definition) is 3. The van der Waals surface area contributed by atoms with E-state index in [2.05, 4.69) is 158 Å². The molecule has 0 fully saturated rings. The summed E-state index contributed by atoms with van der Waals surface area (Å²) < 4.78 is 2.37. The van der Waals surface area contributed by atoms with Gasteiger partial charge in [-0.2, -0.15) is 0 Å². The maximum absolute atomic E-state index is 5.30. The first-order chi connectivity index (χ1) is 23.6. The normalized spacial score (nSPS) is 13.2. The number of pyridine rings is 1. The number of likely N-dealkylation sites (N-methyl/N-ethyl adjacent to an activating group) is 1. The second-order valence-electron chi connectivity index (χ2n) is 11.6. The summed E-state index contributed by atoms with van der Waals surface area (Å²) in [6, 6.07) is 38.9. The van der Waals surface area contributed by atoms with Crippen molar-refractivity contribution in [3.63, 3.8) is 0 Å². The van der Waals surface area contributed by atoms with Crippen molar-refractivity contribution < 1.29 is 0 Å². The van der Waals surface area contributed by atoms with Gasteiger partial charge >= 0.3 is 0 Å². The minimum absolute atomic E-state index is 0.0115. The van der Waals surface area contributed by atoms with Crippen molar-refractivity contribution in [1.29, 1.82) is 0 Å². The van der Waals surface area contributed by atoms with E-state index in [0.29, 0.717) is 0 Å². The zero-order valence-corrected chi connectivity index (χ0v) is 28.2. The summed E-state index contributed by atoms with van der Waals surface area (Å²) in [6.45, 7) is 10.9. The minimum atomic E-state index is -0.0115. The Hall–Kier alpha value is -5.58. The van der Waals surface area contributed by atoms with Crippen molar-refractivity contribution >= 4 is 33.2 Å². The Morgan fingerprint density at radius 1 is 0.812 bits per heavy atom. The number of rotatable bonds is 11. The van der Waals surface area contributed by atoms with Gasteiger partial charge in [-0.3, -0.25) is 10.3 Å². The molecule has 6 rings (SSSR count). The average Bonchev–Trinajstić information content (AvgIpc) is 3.46. The predicted molar refractivity (Wildman–Crippen MR) is 207 cm³/mol. The highest BCUT2D eigenvalue weighted by molar-refractivity contribution is 6.14. The molecule has 4 aromatic carbocycles. The van der Waals surface area contributed by atoms with Gasteiger partial charge in [0, 0.05) is 23.6 Å². The van der Waals surface area contributed by atoms with Crippen LogP contribution in [0.5, 0.6) is 0 Å². The molecule has 48 heavy (non-hydrogen) atoms. The van der Waals surface area contributed by atoms with Crippen LogP contribution in [0.2, 0.25) is 0 Å². The lowest BCUT2D eigenvalue weighted by Gasteiger charge is -2.19. The van der Waals surface area contributed by atoms with Crippen LogP contribution in [-0.2, 0) is 0 Å². The second kappa shape index (κ2) is 14.9. The standard InChI is InChI=1S/C44H42N4/c1-6-10-18-31(8-3)39-24-26-41-44(47-39)38-30-34(23-25-40(38)48(41)42(17-7-2)46-9-4)36-27-35(32-19-13-11-14-20-32)28-37(29-36)43(45-5)33-21-15-12-16-22-33/h6-8,10-30,42,46H,1,9H2,2-5H3/b17-7-,18-10-,31-8+,45-43?. The molecular formula is C44H42N4. The predicted octanol–water partition coefficient (Wildman–Crippen LogP) is 10.8. The van der Waals surface area contributed by atoms with E-state index in [-0.39, 0.29) is 6.17 Å². The Labute approximate surface area is 284 Å². The second-order valence-corrected chi connectivity index (χ2v) is 11.6. The van der Waals surface area contributed by atoms with E-state index in [4.69, 9.17) is 9.98 Å². The lowest BCUT2D eigenvalue weighted by atomic mass is 9.92. The van der Waals surface area contributed by atoms with Gasteiger partial charge in [-0.05, 0) is 90.7 Å². The van der Waals surface area contributed by atoms with Crippen LogP contribution in [0.3, 0.4) is 0 Å². The average molecular weight is 627 g/mol. The van der Waals surface area contributed by atoms with Gasteiger partial charge in [0.15, 0.2) is 0 Å². The van der Waals surface area contributed by atoms with Gasteiger partial charge in [0.1, 0.15) is 6.17 Å². The lowest BCUT2D eigenvalue weighted by molar-refractivity contribution is 0.521. The molecule has 4 nitrogen and oxygen atoms in total. The van der Waals surface area contributed by atoms with Crippen LogP contribution in [0.1, 0.15) is 43.8 Å². The number of hydrogen-bond donors (Lipinski definition) is 1. The number of aliphatic imine (C=N–C) groups is 1. The molecule has 1 unspecified atom stereocenters. The molecule has 0 saturated carbocycles. The van der Waals surface area contributed by atoms with Crippen LogP contribution in [0.15, 0.2) is 157 Å². The SMILES string of the molecule is C=C/C=C\C(=C/C)c1ccc2c(n1)c1cc(-c3cc(C(=NC)c4ccccc4)cc(-c4ccccc4)c3)ccc1n2C(/C=C\C)NCC. The molecule has 2 heterocycles. The number of allylic oxidation sites excluding steroid dienone is 6. The third kappa shape index (κ3) is 6.48. The maximum atomic E-state index is 5.30. The molecule has 0 radical (unpaired) electrons. The van der Waals surface area contributed by atoms with Crippen LogP contribution in [0, 0.1) is 0 Å². The number of nitrogens with one attached hydrogen (secondary N) is 1. The third-order valence-corrected chi connectivity index (χ3v) is 8.65. The number of benzene rings is 4. The first-order valence-corrected chi connectivity index (χ1v) is 16.6. The van der Waals surface area contributed by atoms with Crippen LogP contribution in [-0.4, -0.2) is 28.9 Å². The summed E-state index contributed by atoms with van der Waals surface area (Å²) in [4.78, 5) is 10.1.